The number of amides is 2. The number of hydrogen-bond acceptors (Lipinski definition) is 4. The highest BCUT2D eigenvalue weighted by Crippen LogP contribution is 2.48. The minimum absolute atomic E-state index is 0.104. The van der Waals surface area contributed by atoms with Crippen LogP contribution >= 0.6 is 0 Å². The molecule has 114 valence electrons. The Morgan fingerprint density at radius 1 is 1.40 bits per heavy atom. The Bertz CT molecular complexity index is 408. The molecule has 2 amide bonds. The van der Waals surface area contributed by atoms with Gasteiger partial charge in [-0.3, -0.25) is 10.2 Å². The number of rotatable bonds is 2. The third kappa shape index (κ3) is 2.76. The van der Waals surface area contributed by atoms with Gasteiger partial charge in [0.2, 0.25) is 0 Å². The van der Waals surface area contributed by atoms with Gasteiger partial charge in [0.1, 0.15) is 11.4 Å². The lowest BCUT2D eigenvalue weighted by Crippen LogP contribution is -2.51. The van der Waals surface area contributed by atoms with Crippen LogP contribution < -0.4 is 22.3 Å². The summed E-state index contributed by atoms with van der Waals surface area (Å²) < 4.78 is 0. The first-order valence-electron chi connectivity index (χ1n) is 7.23. The monoisotopic (exact) mass is 282 g/mol. The van der Waals surface area contributed by atoms with Gasteiger partial charge in [0.25, 0.3) is 0 Å². The molecule has 0 aromatic carbocycles. The van der Waals surface area contributed by atoms with Crippen molar-refractivity contribution in [3.63, 3.8) is 0 Å². The number of nitrogens with one attached hydrogen (secondary N) is 2. The smallest absolute Gasteiger partial charge is 0.317 e. The van der Waals surface area contributed by atoms with Gasteiger partial charge in [-0.1, -0.05) is 20.8 Å². The molecule has 6 heteroatoms. The summed E-state index contributed by atoms with van der Waals surface area (Å²) in [5, 5.41) is 2.56. The average molecular weight is 282 g/mol. The molecule has 0 spiro atoms. The average Bonchev–Trinajstić information content (AvgIpc) is 2.73. The number of urea groups is 1. The summed E-state index contributed by atoms with van der Waals surface area (Å²) in [6, 6.07) is -0.299. The van der Waals surface area contributed by atoms with Crippen LogP contribution in [0.5, 0.6) is 0 Å². The van der Waals surface area contributed by atoms with Crippen molar-refractivity contribution < 1.29 is 9.63 Å². The van der Waals surface area contributed by atoms with Crippen molar-refractivity contribution in [2.45, 2.75) is 58.1 Å². The first-order chi connectivity index (χ1) is 9.24. The SMILES string of the molecule is CC(C)(C)C1(C2CCC(N)CC2)C=C(NC(N)=O)NO1. The number of nitrogens with two attached hydrogens (primary N) is 2. The topological polar surface area (TPSA) is 102 Å². The van der Waals surface area contributed by atoms with Crippen LogP contribution in [0.2, 0.25) is 0 Å². The van der Waals surface area contributed by atoms with E-state index in [0.717, 1.165) is 25.7 Å². The van der Waals surface area contributed by atoms with Gasteiger partial charge in [-0.25, -0.2) is 10.3 Å². The zero-order valence-corrected chi connectivity index (χ0v) is 12.5. The van der Waals surface area contributed by atoms with E-state index in [0.29, 0.717) is 17.8 Å². The largest absolute Gasteiger partial charge is 0.351 e. The predicted octanol–water partition coefficient (Wildman–Crippen LogP) is 1.33. The Morgan fingerprint density at radius 2 is 2.00 bits per heavy atom. The van der Waals surface area contributed by atoms with Crippen molar-refractivity contribution >= 4 is 6.03 Å². The summed E-state index contributed by atoms with van der Waals surface area (Å²) in [7, 11) is 0. The van der Waals surface area contributed by atoms with Crippen LogP contribution in [-0.4, -0.2) is 17.7 Å². The molecule has 1 atom stereocenters. The Kier molecular flexibility index (Phi) is 3.97. The first kappa shape index (κ1) is 15.1. The lowest BCUT2D eigenvalue weighted by molar-refractivity contribution is -0.145. The molecule has 2 rings (SSSR count). The van der Waals surface area contributed by atoms with E-state index in [1.165, 1.54) is 0 Å². The van der Waals surface area contributed by atoms with Crippen LogP contribution in [0.4, 0.5) is 4.79 Å². The van der Waals surface area contributed by atoms with Crippen LogP contribution in [0, 0.1) is 11.3 Å². The van der Waals surface area contributed by atoms with Crippen LogP contribution in [0.1, 0.15) is 46.5 Å². The van der Waals surface area contributed by atoms with Crippen molar-refractivity contribution in [1.82, 2.24) is 10.8 Å². The highest BCUT2D eigenvalue weighted by Gasteiger charge is 2.52. The van der Waals surface area contributed by atoms with Gasteiger partial charge in [0, 0.05) is 6.04 Å². The molecule has 1 heterocycles. The molecule has 1 saturated carbocycles. The number of carbonyl (C=O) groups excluding carboxylic acids is 1. The van der Waals surface area contributed by atoms with Gasteiger partial charge in [-0.2, -0.15) is 0 Å². The molecule has 0 aromatic heterocycles. The Labute approximate surface area is 120 Å². The maximum Gasteiger partial charge on any atom is 0.317 e. The fourth-order valence-corrected chi connectivity index (χ4v) is 3.34. The lowest BCUT2D eigenvalue weighted by atomic mass is 9.64. The highest BCUT2D eigenvalue weighted by atomic mass is 16.7. The summed E-state index contributed by atoms with van der Waals surface area (Å²) in [6.07, 6.45) is 6.05. The van der Waals surface area contributed by atoms with E-state index in [1.807, 2.05) is 6.08 Å². The molecule has 1 aliphatic carbocycles. The van der Waals surface area contributed by atoms with Crippen molar-refractivity contribution in [3.8, 4) is 0 Å². The quantitative estimate of drug-likeness (QED) is 0.613. The normalized spacial score (nSPS) is 34.3. The summed E-state index contributed by atoms with van der Waals surface area (Å²) in [6.45, 7) is 6.44. The van der Waals surface area contributed by atoms with E-state index < -0.39 is 11.6 Å². The Balaban J connectivity index is 2.24. The lowest BCUT2D eigenvalue weighted by Gasteiger charge is -2.46. The van der Waals surface area contributed by atoms with Crippen molar-refractivity contribution in [1.29, 1.82) is 0 Å². The van der Waals surface area contributed by atoms with Crippen LogP contribution in [0.15, 0.2) is 11.9 Å². The maximum atomic E-state index is 11.0. The molecule has 1 unspecified atom stereocenters. The van der Waals surface area contributed by atoms with Crippen molar-refractivity contribution in [2.75, 3.05) is 0 Å². The molecule has 0 saturated heterocycles. The summed E-state index contributed by atoms with van der Waals surface area (Å²) >= 11 is 0. The van der Waals surface area contributed by atoms with E-state index in [9.17, 15) is 4.79 Å². The molecule has 1 aliphatic heterocycles. The Hall–Kier alpha value is -1.27. The van der Waals surface area contributed by atoms with E-state index in [4.69, 9.17) is 16.3 Å². The molecular weight excluding hydrogens is 256 g/mol. The molecule has 0 bridgehead atoms. The minimum atomic E-state index is -0.595. The molecule has 6 nitrogen and oxygen atoms in total. The van der Waals surface area contributed by atoms with Gasteiger partial charge >= 0.3 is 6.03 Å². The second kappa shape index (κ2) is 5.26. The summed E-state index contributed by atoms with van der Waals surface area (Å²) in [4.78, 5) is 16.9. The fraction of sp³-hybridized carbons (Fsp3) is 0.786. The van der Waals surface area contributed by atoms with Gasteiger partial charge in [0.15, 0.2) is 0 Å². The van der Waals surface area contributed by atoms with Crippen LogP contribution in [-0.2, 0) is 4.84 Å². The van der Waals surface area contributed by atoms with E-state index in [1.54, 1.807) is 0 Å². The zero-order valence-electron chi connectivity index (χ0n) is 12.5. The van der Waals surface area contributed by atoms with E-state index in [2.05, 4.69) is 31.6 Å². The second-order valence-electron chi connectivity index (χ2n) is 6.91. The molecule has 20 heavy (non-hydrogen) atoms. The number of carbonyl (C=O) groups is 1. The van der Waals surface area contributed by atoms with Crippen molar-refractivity contribution in [3.05, 3.63) is 11.9 Å². The fourth-order valence-electron chi connectivity index (χ4n) is 3.34. The molecule has 2 aliphatic rings. The molecule has 6 N–H and O–H groups in total. The van der Waals surface area contributed by atoms with E-state index in [-0.39, 0.29) is 5.41 Å². The highest BCUT2D eigenvalue weighted by molar-refractivity contribution is 5.73. The number of hydroxylamine groups is 1. The van der Waals surface area contributed by atoms with Crippen LogP contribution in [0.3, 0.4) is 0 Å². The predicted molar refractivity (Wildman–Crippen MR) is 77.1 cm³/mol. The van der Waals surface area contributed by atoms with Crippen molar-refractivity contribution in [2.24, 2.45) is 22.8 Å². The molecule has 0 radical (unpaired) electrons. The second-order valence-corrected chi connectivity index (χ2v) is 6.91. The third-order valence-electron chi connectivity index (χ3n) is 4.50. The maximum absolute atomic E-state index is 11.0. The summed E-state index contributed by atoms with van der Waals surface area (Å²) in [5.74, 6) is 0.907. The summed E-state index contributed by atoms with van der Waals surface area (Å²) in [5.41, 5.74) is 13.4. The minimum Gasteiger partial charge on any atom is -0.351 e. The zero-order chi connectivity index (χ0) is 15.0. The number of hydrogen-bond donors (Lipinski definition) is 4. The van der Waals surface area contributed by atoms with Gasteiger partial charge < -0.3 is 11.5 Å². The first-order valence-corrected chi connectivity index (χ1v) is 7.23. The van der Waals surface area contributed by atoms with Gasteiger partial charge in [0.05, 0.1) is 0 Å². The number of primary amides is 1. The molecule has 1 fully saturated rings. The molecular formula is C14H26N4O2. The van der Waals surface area contributed by atoms with Crippen LogP contribution in [0.25, 0.3) is 0 Å². The standard InChI is InChI=1S/C14H26N4O2/c1-13(2,3)14(9-4-6-10(15)7-5-9)8-11(18-20-14)17-12(16)19/h8-10,18H,4-7,15H2,1-3H3,(H3,16,17,19). The van der Waals surface area contributed by atoms with Gasteiger partial charge in [-0.15, -0.1) is 0 Å². The third-order valence-corrected chi connectivity index (χ3v) is 4.50. The van der Waals surface area contributed by atoms with Gasteiger partial charge in [-0.05, 0) is 43.1 Å². The molecule has 0 aromatic rings. The Morgan fingerprint density at radius 3 is 2.50 bits per heavy atom. The van der Waals surface area contributed by atoms with E-state index >= 15 is 0 Å².